The molecule has 1 rings (SSSR count). The molecule has 0 aromatic carbocycles. The zero-order chi connectivity index (χ0) is 12.3. The van der Waals surface area contributed by atoms with Crippen LogP contribution in [0.1, 0.15) is 19.4 Å². The van der Waals surface area contributed by atoms with Gasteiger partial charge in [0, 0.05) is 27.1 Å². The van der Waals surface area contributed by atoms with E-state index < -0.39 is 0 Å². The molecule has 0 atom stereocenters. The number of aromatic nitrogens is 2. The minimum atomic E-state index is -0.378. The molecule has 0 aliphatic carbocycles. The minimum absolute atomic E-state index is 0.202. The van der Waals surface area contributed by atoms with Crippen molar-refractivity contribution in [1.82, 2.24) is 14.7 Å². The second kappa shape index (κ2) is 4.69. The van der Waals surface area contributed by atoms with Crippen LogP contribution in [0.25, 0.3) is 0 Å². The molecule has 0 saturated carbocycles. The van der Waals surface area contributed by atoms with Gasteiger partial charge in [-0.2, -0.15) is 10.1 Å². The Bertz CT molecular complexity index is 447. The number of carbonyl (C=O) groups is 2. The average molecular weight is 222 g/mol. The standard InChI is InChI=1S/C10H14N4O2/c1-7-5-11-14(6-7)10(12-8(2)15)13(4)9(3)16/h5-6H,1-4H3. The maximum absolute atomic E-state index is 11.2. The van der Waals surface area contributed by atoms with Gasteiger partial charge in [0.15, 0.2) is 0 Å². The lowest BCUT2D eigenvalue weighted by atomic mass is 10.4. The summed E-state index contributed by atoms with van der Waals surface area (Å²) in [5.41, 5.74) is 0.924. The maximum atomic E-state index is 11.2. The van der Waals surface area contributed by atoms with Crippen molar-refractivity contribution >= 4 is 17.8 Å². The van der Waals surface area contributed by atoms with Gasteiger partial charge < -0.3 is 0 Å². The molecule has 1 heterocycles. The smallest absolute Gasteiger partial charge is 0.245 e. The lowest BCUT2D eigenvalue weighted by Crippen LogP contribution is -2.37. The Hall–Kier alpha value is -1.98. The molecule has 6 nitrogen and oxygen atoms in total. The molecule has 16 heavy (non-hydrogen) atoms. The number of aliphatic imine (C=N–C) groups is 1. The molecule has 0 saturated heterocycles. The third-order valence-electron chi connectivity index (χ3n) is 1.95. The van der Waals surface area contributed by atoms with E-state index in [1.165, 1.54) is 23.4 Å². The summed E-state index contributed by atoms with van der Waals surface area (Å²) >= 11 is 0. The Labute approximate surface area is 93.6 Å². The highest BCUT2D eigenvalue weighted by molar-refractivity contribution is 6.01. The molecule has 0 bridgehead atoms. The summed E-state index contributed by atoms with van der Waals surface area (Å²) < 4.78 is 1.40. The van der Waals surface area contributed by atoms with Gasteiger partial charge in [-0.1, -0.05) is 0 Å². The van der Waals surface area contributed by atoms with Crippen LogP contribution in [0.15, 0.2) is 17.4 Å². The first-order valence-corrected chi connectivity index (χ1v) is 4.77. The summed E-state index contributed by atoms with van der Waals surface area (Å²) in [6, 6.07) is 0. The van der Waals surface area contributed by atoms with Crippen LogP contribution < -0.4 is 0 Å². The van der Waals surface area contributed by atoms with Crippen molar-refractivity contribution in [1.29, 1.82) is 0 Å². The van der Waals surface area contributed by atoms with Crippen LogP contribution in [0.3, 0.4) is 0 Å². The highest BCUT2D eigenvalue weighted by Gasteiger charge is 2.14. The van der Waals surface area contributed by atoms with Gasteiger partial charge in [-0.05, 0) is 12.5 Å². The van der Waals surface area contributed by atoms with E-state index in [0.717, 1.165) is 5.56 Å². The van der Waals surface area contributed by atoms with Crippen molar-refractivity contribution < 1.29 is 9.59 Å². The van der Waals surface area contributed by atoms with Crippen LogP contribution in [0.2, 0.25) is 0 Å². The summed E-state index contributed by atoms with van der Waals surface area (Å²) in [5, 5.41) is 4.01. The van der Waals surface area contributed by atoms with E-state index >= 15 is 0 Å². The van der Waals surface area contributed by atoms with E-state index in [1.807, 2.05) is 6.92 Å². The van der Waals surface area contributed by atoms with Crippen LogP contribution in [-0.4, -0.2) is 39.5 Å². The molecule has 0 aliphatic heterocycles. The molecule has 86 valence electrons. The van der Waals surface area contributed by atoms with Gasteiger partial charge in [-0.3, -0.25) is 14.5 Å². The van der Waals surface area contributed by atoms with E-state index in [4.69, 9.17) is 0 Å². The lowest BCUT2D eigenvalue weighted by molar-refractivity contribution is -0.124. The topological polar surface area (TPSA) is 67.6 Å². The van der Waals surface area contributed by atoms with Gasteiger partial charge in [0.2, 0.25) is 17.8 Å². The molecule has 0 fully saturated rings. The second-order valence-corrected chi connectivity index (χ2v) is 3.47. The van der Waals surface area contributed by atoms with Crippen LogP contribution in [0.5, 0.6) is 0 Å². The van der Waals surface area contributed by atoms with Crippen LogP contribution >= 0.6 is 0 Å². The highest BCUT2D eigenvalue weighted by Crippen LogP contribution is 1.99. The second-order valence-electron chi connectivity index (χ2n) is 3.47. The zero-order valence-electron chi connectivity index (χ0n) is 9.76. The predicted molar refractivity (Wildman–Crippen MR) is 58.9 cm³/mol. The summed E-state index contributed by atoms with van der Waals surface area (Å²) in [7, 11) is 1.54. The first-order valence-electron chi connectivity index (χ1n) is 4.77. The van der Waals surface area contributed by atoms with E-state index in [9.17, 15) is 9.59 Å². The van der Waals surface area contributed by atoms with Gasteiger partial charge in [-0.25, -0.2) is 4.68 Å². The van der Waals surface area contributed by atoms with Gasteiger partial charge in [0.1, 0.15) is 0 Å². The van der Waals surface area contributed by atoms with E-state index in [-0.39, 0.29) is 17.8 Å². The molecule has 1 aromatic heterocycles. The summed E-state index contributed by atoms with van der Waals surface area (Å²) in [5.74, 6) is -0.391. The van der Waals surface area contributed by atoms with E-state index in [0.29, 0.717) is 0 Å². The predicted octanol–water partition coefficient (Wildman–Crippen LogP) is 0.420. The first kappa shape index (κ1) is 12.1. The van der Waals surface area contributed by atoms with Gasteiger partial charge >= 0.3 is 0 Å². The molecular weight excluding hydrogens is 208 g/mol. The van der Waals surface area contributed by atoms with Crippen molar-refractivity contribution in [2.45, 2.75) is 20.8 Å². The molecular formula is C10H14N4O2. The highest BCUT2D eigenvalue weighted by atomic mass is 16.2. The number of rotatable bonds is 0. The SMILES string of the molecule is CC(=O)N=C(N(C)C(C)=O)n1cc(C)cn1. The zero-order valence-corrected chi connectivity index (χ0v) is 9.76. The largest absolute Gasteiger partial charge is 0.284 e. The van der Waals surface area contributed by atoms with Crippen molar-refractivity contribution in [3.8, 4) is 0 Å². The molecule has 1 aromatic rings. The van der Waals surface area contributed by atoms with Crippen molar-refractivity contribution in [3.63, 3.8) is 0 Å². The molecule has 0 unspecified atom stereocenters. The third kappa shape index (κ3) is 2.75. The Morgan fingerprint density at radius 3 is 2.44 bits per heavy atom. The molecule has 0 spiro atoms. The fraction of sp³-hybridized carbons (Fsp3) is 0.400. The van der Waals surface area contributed by atoms with Crippen molar-refractivity contribution in [3.05, 3.63) is 18.0 Å². The first-order chi connectivity index (χ1) is 7.41. The number of hydrogen-bond donors (Lipinski definition) is 0. The molecule has 0 N–H and O–H groups in total. The van der Waals surface area contributed by atoms with E-state index in [1.54, 1.807) is 19.4 Å². The molecule has 0 radical (unpaired) electrons. The van der Waals surface area contributed by atoms with E-state index in [2.05, 4.69) is 10.1 Å². The number of aryl methyl sites for hydroxylation is 1. The summed E-state index contributed by atoms with van der Waals surface area (Å²) in [4.78, 5) is 27.3. The van der Waals surface area contributed by atoms with Crippen LogP contribution in [0, 0.1) is 6.92 Å². The fourth-order valence-electron chi connectivity index (χ4n) is 1.08. The molecule has 6 heteroatoms. The number of nitrogens with zero attached hydrogens (tertiary/aromatic N) is 4. The Kier molecular flexibility index (Phi) is 3.55. The quantitative estimate of drug-likeness (QED) is 0.472. The van der Waals surface area contributed by atoms with Gasteiger partial charge in [0.25, 0.3) is 0 Å². The summed E-state index contributed by atoms with van der Waals surface area (Å²) in [6.45, 7) is 4.58. The average Bonchev–Trinajstić information content (AvgIpc) is 2.59. The van der Waals surface area contributed by atoms with Gasteiger partial charge in [0.05, 0.1) is 6.20 Å². The molecule has 2 amide bonds. The number of carbonyl (C=O) groups excluding carboxylic acids is 2. The number of amides is 2. The van der Waals surface area contributed by atoms with Crippen LogP contribution in [0.4, 0.5) is 0 Å². The monoisotopic (exact) mass is 222 g/mol. The van der Waals surface area contributed by atoms with Crippen molar-refractivity contribution in [2.75, 3.05) is 7.05 Å². The lowest BCUT2D eigenvalue weighted by Gasteiger charge is -2.16. The van der Waals surface area contributed by atoms with Crippen molar-refractivity contribution in [2.24, 2.45) is 4.99 Å². The van der Waals surface area contributed by atoms with Gasteiger partial charge in [-0.15, -0.1) is 0 Å². The minimum Gasteiger partial charge on any atom is -0.284 e. The molecule has 0 aliphatic rings. The Morgan fingerprint density at radius 1 is 1.44 bits per heavy atom. The Morgan fingerprint density at radius 2 is 2.06 bits per heavy atom. The summed E-state index contributed by atoms with van der Waals surface area (Å²) in [6.07, 6.45) is 3.32. The normalized spacial score (nSPS) is 11.4. The third-order valence-corrected chi connectivity index (χ3v) is 1.95. The Balaban J connectivity index is 3.16. The van der Waals surface area contributed by atoms with Crippen LogP contribution in [-0.2, 0) is 9.59 Å². The number of hydrogen-bond acceptors (Lipinski definition) is 3. The fourth-order valence-corrected chi connectivity index (χ4v) is 1.08. The maximum Gasteiger partial charge on any atom is 0.245 e.